The molecule has 0 radical (unpaired) electrons. The van der Waals surface area contributed by atoms with Crippen LogP contribution in [0.25, 0.3) is 0 Å². The lowest BCUT2D eigenvalue weighted by Crippen LogP contribution is -2.50. The van der Waals surface area contributed by atoms with Crippen LogP contribution in [0, 0.1) is 5.92 Å². The number of carbonyl (C=O) groups is 1. The molecule has 0 saturated carbocycles. The predicted molar refractivity (Wildman–Crippen MR) is 57.8 cm³/mol. The lowest BCUT2D eigenvalue weighted by molar-refractivity contribution is -0.141. The number of carbonyl (C=O) groups excluding carboxylic acids is 1. The lowest BCUT2D eigenvalue weighted by Gasteiger charge is -2.38. The summed E-state index contributed by atoms with van der Waals surface area (Å²) in [7, 11) is 0. The number of hydrogen-bond acceptors (Lipinski definition) is 3. The first-order valence-corrected chi connectivity index (χ1v) is 6.33. The van der Waals surface area contributed by atoms with Crippen LogP contribution in [-0.2, 0) is 9.53 Å². The van der Waals surface area contributed by atoms with Crippen LogP contribution < -0.4 is 0 Å². The zero-order valence-electron chi connectivity index (χ0n) is 9.47. The van der Waals surface area contributed by atoms with Gasteiger partial charge in [0.25, 0.3) is 0 Å². The molecule has 1 amide bonds. The van der Waals surface area contributed by atoms with Gasteiger partial charge in [0.15, 0.2) is 0 Å². The maximum Gasteiger partial charge on any atom is 0.228 e. The van der Waals surface area contributed by atoms with Crippen LogP contribution in [0.5, 0.6) is 0 Å². The molecule has 3 heterocycles. The molecule has 4 nitrogen and oxygen atoms in total. The molecule has 0 aromatic heterocycles. The summed E-state index contributed by atoms with van der Waals surface area (Å²) in [5.41, 5.74) is 0. The van der Waals surface area contributed by atoms with Gasteiger partial charge in [-0.25, -0.2) is 0 Å². The van der Waals surface area contributed by atoms with Crippen molar-refractivity contribution in [1.82, 2.24) is 4.90 Å². The molecule has 0 aliphatic carbocycles. The number of rotatable bonds is 1. The minimum Gasteiger partial charge on any atom is -0.393 e. The SMILES string of the molecule is O=C(C1CCOC1)N1C2CCC1CC(O)C2. The zero-order chi connectivity index (χ0) is 11.1. The van der Waals surface area contributed by atoms with Crippen molar-refractivity contribution in [2.75, 3.05) is 13.2 Å². The highest BCUT2D eigenvalue weighted by molar-refractivity contribution is 5.80. The third-order valence-corrected chi connectivity index (χ3v) is 4.24. The maximum absolute atomic E-state index is 12.3. The van der Waals surface area contributed by atoms with Crippen molar-refractivity contribution < 1.29 is 14.6 Å². The molecule has 0 spiro atoms. The minimum absolute atomic E-state index is 0.0818. The number of aliphatic hydroxyl groups is 1. The van der Waals surface area contributed by atoms with Gasteiger partial charge in [0, 0.05) is 18.7 Å². The van der Waals surface area contributed by atoms with Gasteiger partial charge >= 0.3 is 0 Å². The highest BCUT2D eigenvalue weighted by Crippen LogP contribution is 2.37. The van der Waals surface area contributed by atoms with Gasteiger partial charge in [-0.3, -0.25) is 4.79 Å². The number of aliphatic hydroxyl groups excluding tert-OH is 1. The fourth-order valence-electron chi connectivity index (χ4n) is 3.45. The summed E-state index contributed by atoms with van der Waals surface area (Å²) in [6, 6.07) is 0.587. The smallest absolute Gasteiger partial charge is 0.228 e. The summed E-state index contributed by atoms with van der Waals surface area (Å²) in [4.78, 5) is 14.4. The van der Waals surface area contributed by atoms with E-state index in [4.69, 9.17) is 4.74 Å². The second-order valence-electron chi connectivity index (χ2n) is 5.32. The number of fused-ring (bicyclic) bond motifs is 2. The molecule has 3 aliphatic rings. The average Bonchev–Trinajstić information content (AvgIpc) is 2.85. The number of nitrogens with zero attached hydrogens (tertiary/aromatic N) is 1. The van der Waals surface area contributed by atoms with Crippen LogP contribution in [0.1, 0.15) is 32.1 Å². The van der Waals surface area contributed by atoms with E-state index in [0.717, 1.165) is 38.7 Å². The highest BCUT2D eigenvalue weighted by atomic mass is 16.5. The van der Waals surface area contributed by atoms with E-state index >= 15 is 0 Å². The van der Waals surface area contributed by atoms with Gasteiger partial charge in [-0.15, -0.1) is 0 Å². The molecule has 0 aromatic carbocycles. The van der Waals surface area contributed by atoms with Crippen LogP contribution in [-0.4, -0.2) is 47.3 Å². The Bertz CT molecular complexity index is 274. The quantitative estimate of drug-likeness (QED) is 0.708. The third kappa shape index (κ3) is 1.64. The molecule has 3 aliphatic heterocycles. The van der Waals surface area contributed by atoms with Crippen molar-refractivity contribution in [3.63, 3.8) is 0 Å². The van der Waals surface area contributed by atoms with Gasteiger partial charge in [-0.05, 0) is 32.1 Å². The number of amides is 1. The van der Waals surface area contributed by atoms with Crippen LogP contribution in [0.4, 0.5) is 0 Å². The molecular formula is C12H19NO3. The maximum atomic E-state index is 12.3. The highest BCUT2D eigenvalue weighted by Gasteiger charge is 2.44. The Labute approximate surface area is 95.6 Å². The number of piperidine rings is 1. The molecule has 3 saturated heterocycles. The zero-order valence-corrected chi connectivity index (χ0v) is 9.47. The van der Waals surface area contributed by atoms with Crippen molar-refractivity contribution in [3.8, 4) is 0 Å². The van der Waals surface area contributed by atoms with Gasteiger partial charge in [-0.1, -0.05) is 0 Å². The second-order valence-corrected chi connectivity index (χ2v) is 5.32. The fourth-order valence-corrected chi connectivity index (χ4v) is 3.45. The van der Waals surface area contributed by atoms with Crippen LogP contribution >= 0.6 is 0 Å². The first kappa shape index (κ1) is 10.5. The molecule has 3 atom stereocenters. The topological polar surface area (TPSA) is 49.8 Å². The molecule has 3 unspecified atom stereocenters. The summed E-state index contributed by atoms with van der Waals surface area (Å²) in [5, 5.41) is 9.69. The lowest BCUT2D eigenvalue weighted by atomic mass is 9.97. The average molecular weight is 225 g/mol. The van der Waals surface area contributed by atoms with E-state index in [1.807, 2.05) is 0 Å². The molecular weight excluding hydrogens is 206 g/mol. The summed E-state index contributed by atoms with van der Waals surface area (Å²) in [5.74, 6) is 0.357. The predicted octanol–water partition coefficient (Wildman–Crippen LogP) is 0.537. The molecule has 3 fully saturated rings. The number of ether oxygens (including phenoxy) is 1. The molecule has 16 heavy (non-hydrogen) atoms. The first-order chi connectivity index (χ1) is 7.75. The van der Waals surface area contributed by atoms with Gasteiger partial charge in [0.05, 0.1) is 18.6 Å². The van der Waals surface area contributed by atoms with Gasteiger partial charge in [0.1, 0.15) is 0 Å². The normalized spacial score (nSPS) is 42.7. The van der Waals surface area contributed by atoms with Gasteiger partial charge in [-0.2, -0.15) is 0 Å². The molecule has 4 heteroatoms. The molecule has 0 aromatic rings. The van der Waals surface area contributed by atoms with E-state index in [1.165, 1.54) is 0 Å². The van der Waals surface area contributed by atoms with Crippen molar-refractivity contribution in [2.45, 2.75) is 50.3 Å². The van der Waals surface area contributed by atoms with Crippen LogP contribution in [0.3, 0.4) is 0 Å². The van der Waals surface area contributed by atoms with E-state index in [2.05, 4.69) is 4.90 Å². The third-order valence-electron chi connectivity index (χ3n) is 4.24. The Balaban J connectivity index is 1.72. The Morgan fingerprint density at radius 3 is 2.44 bits per heavy atom. The summed E-state index contributed by atoms with van der Waals surface area (Å²) >= 11 is 0. The Morgan fingerprint density at radius 2 is 1.88 bits per heavy atom. The second kappa shape index (κ2) is 4.00. The van der Waals surface area contributed by atoms with Crippen LogP contribution in [0.2, 0.25) is 0 Å². The van der Waals surface area contributed by atoms with Crippen molar-refractivity contribution in [2.24, 2.45) is 5.92 Å². The minimum atomic E-state index is -0.193. The van der Waals surface area contributed by atoms with Gasteiger partial charge < -0.3 is 14.7 Å². The summed E-state index contributed by atoms with van der Waals surface area (Å²) in [6.45, 7) is 1.32. The molecule has 90 valence electrons. The van der Waals surface area contributed by atoms with E-state index in [9.17, 15) is 9.90 Å². The van der Waals surface area contributed by atoms with E-state index in [-0.39, 0.29) is 17.9 Å². The monoisotopic (exact) mass is 225 g/mol. The van der Waals surface area contributed by atoms with E-state index in [1.54, 1.807) is 0 Å². The van der Waals surface area contributed by atoms with Gasteiger partial charge in [0.2, 0.25) is 5.91 Å². The number of hydrogen-bond donors (Lipinski definition) is 1. The first-order valence-electron chi connectivity index (χ1n) is 6.33. The summed E-state index contributed by atoms with van der Waals surface area (Å²) in [6.07, 6.45) is 4.37. The summed E-state index contributed by atoms with van der Waals surface area (Å²) < 4.78 is 5.28. The molecule has 1 N–H and O–H groups in total. The van der Waals surface area contributed by atoms with Crippen molar-refractivity contribution in [3.05, 3.63) is 0 Å². The Kier molecular flexibility index (Phi) is 2.64. The fraction of sp³-hybridized carbons (Fsp3) is 0.917. The molecule has 3 rings (SSSR count). The van der Waals surface area contributed by atoms with Crippen molar-refractivity contribution >= 4 is 5.91 Å². The van der Waals surface area contributed by atoms with E-state index < -0.39 is 0 Å². The largest absolute Gasteiger partial charge is 0.393 e. The standard InChI is InChI=1S/C12H19NO3/c14-11-5-9-1-2-10(6-11)13(9)12(15)8-3-4-16-7-8/h8-11,14H,1-7H2. The molecule has 2 bridgehead atoms. The van der Waals surface area contributed by atoms with Crippen molar-refractivity contribution in [1.29, 1.82) is 0 Å². The Morgan fingerprint density at radius 1 is 1.19 bits per heavy atom. The van der Waals surface area contributed by atoms with Crippen LogP contribution in [0.15, 0.2) is 0 Å². The Hall–Kier alpha value is -0.610. The van der Waals surface area contributed by atoms with E-state index in [0.29, 0.717) is 18.7 Å².